The van der Waals surface area contributed by atoms with Crippen molar-refractivity contribution in [3.05, 3.63) is 0 Å². The van der Waals surface area contributed by atoms with Gasteiger partial charge >= 0.3 is 0 Å². The predicted molar refractivity (Wildman–Crippen MR) is 57.1 cm³/mol. The fraction of sp³-hybridized carbons (Fsp3) is 0.900. The first-order chi connectivity index (χ1) is 6.63. The van der Waals surface area contributed by atoms with Crippen LogP contribution in [0.5, 0.6) is 0 Å². The zero-order chi connectivity index (χ0) is 11.0. The summed E-state index contributed by atoms with van der Waals surface area (Å²) in [6.45, 7) is 5.29. The fourth-order valence-corrected chi connectivity index (χ4v) is 1.09. The van der Waals surface area contributed by atoms with Gasteiger partial charge in [0.25, 0.3) is 0 Å². The number of unbranched alkanes of at least 4 members (excludes halogenated alkanes) is 1. The van der Waals surface area contributed by atoms with Gasteiger partial charge in [-0.25, -0.2) is 0 Å². The number of nitrogens with one attached hydrogen (secondary N) is 1. The van der Waals surface area contributed by atoms with Gasteiger partial charge in [0.2, 0.25) is 5.91 Å². The lowest BCUT2D eigenvalue weighted by molar-refractivity contribution is -0.125. The van der Waals surface area contributed by atoms with E-state index < -0.39 is 0 Å². The highest BCUT2D eigenvalue weighted by molar-refractivity contribution is 5.81. The molecule has 1 atom stereocenters. The van der Waals surface area contributed by atoms with Gasteiger partial charge in [0.15, 0.2) is 0 Å². The van der Waals surface area contributed by atoms with E-state index in [9.17, 15) is 4.79 Å². The van der Waals surface area contributed by atoms with Crippen molar-refractivity contribution in [1.82, 2.24) is 10.2 Å². The van der Waals surface area contributed by atoms with E-state index in [1.807, 2.05) is 18.9 Å². The van der Waals surface area contributed by atoms with E-state index in [1.54, 1.807) is 0 Å². The molecular formula is C10H22N2O2. The molecule has 4 nitrogen and oxygen atoms in total. The zero-order valence-corrected chi connectivity index (χ0v) is 9.42. The van der Waals surface area contributed by atoms with E-state index in [4.69, 9.17) is 5.11 Å². The Morgan fingerprint density at radius 1 is 1.57 bits per heavy atom. The number of likely N-dealkylation sites (N-methyl/N-ethyl adjacent to an activating group) is 1. The highest BCUT2D eigenvalue weighted by atomic mass is 16.3. The van der Waals surface area contributed by atoms with Crippen LogP contribution >= 0.6 is 0 Å². The molecule has 4 heteroatoms. The second-order valence-electron chi connectivity index (χ2n) is 3.52. The largest absolute Gasteiger partial charge is 0.395 e. The van der Waals surface area contributed by atoms with Gasteiger partial charge < -0.3 is 10.4 Å². The topological polar surface area (TPSA) is 52.6 Å². The minimum Gasteiger partial charge on any atom is -0.395 e. The Kier molecular flexibility index (Phi) is 7.42. The van der Waals surface area contributed by atoms with E-state index >= 15 is 0 Å². The fourth-order valence-electron chi connectivity index (χ4n) is 1.09. The van der Waals surface area contributed by atoms with Gasteiger partial charge in [-0.2, -0.15) is 0 Å². The van der Waals surface area contributed by atoms with Gasteiger partial charge in [0.05, 0.1) is 12.6 Å². The Bertz CT molecular complexity index is 162. The molecule has 0 aliphatic heterocycles. The van der Waals surface area contributed by atoms with Crippen molar-refractivity contribution in [3.63, 3.8) is 0 Å². The number of amides is 1. The summed E-state index contributed by atoms with van der Waals surface area (Å²) in [7, 11) is 1.83. The summed E-state index contributed by atoms with van der Waals surface area (Å²) in [4.78, 5) is 13.3. The van der Waals surface area contributed by atoms with Gasteiger partial charge in [-0.3, -0.25) is 9.69 Å². The number of hydrogen-bond donors (Lipinski definition) is 2. The monoisotopic (exact) mass is 202 g/mol. The summed E-state index contributed by atoms with van der Waals surface area (Å²) in [6.07, 6.45) is 2.10. The summed E-state index contributed by atoms with van der Waals surface area (Å²) in [5, 5.41) is 11.6. The molecular weight excluding hydrogens is 180 g/mol. The summed E-state index contributed by atoms with van der Waals surface area (Å²) < 4.78 is 0. The normalized spacial score (nSPS) is 12.9. The van der Waals surface area contributed by atoms with Crippen molar-refractivity contribution < 1.29 is 9.90 Å². The maximum absolute atomic E-state index is 11.5. The van der Waals surface area contributed by atoms with Gasteiger partial charge in [-0.1, -0.05) is 13.3 Å². The summed E-state index contributed by atoms with van der Waals surface area (Å²) in [6, 6.07) is -0.168. The highest BCUT2D eigenvalue weighted by Crippen LogP contribution is 1.95. The quantitative estimate of drug-likeness (QED) is 0.580. The molecule has 0 rings (SSSR count). The number of aliphatic hydroxyl groups excluding tert-OH is 1. The lowest BCUT2D eigenvalue weighted by atomic mass is 10.2. The van der Waals surface area contributed by atoms with Crippen LogP contribution in [0.4, 0.5) is 0 Å². The van der Waals surface area contributed by atoms with Crippen LogP contribution in [-0.4, -0.2) is 48.7 Å². The third-order valence-corrected chi connectivity index (χ3v) is 2.32. The van der Waals surface area contributed by atoms with Gasteiger partial charge in [-0.15, -0.1) is 0 Å². The summed E-state index contributed by atoms with van der Waals surface area (Å²) in [5.41, 5.74) is 0. The Balaban J connectivity index is 3.74. The number of carbonyl (C=O) groups excluding carboxylic acids is 1. The van der Waals surface area contributed by atoms with Crippen LogP contribution in [0.15, 0.2) is 0 Å². The van der Waals surface area contributed by atoms with E-state index in [-0.39, 0.29) is 18.6 Å². The van der Waals surface area contributed by atoms with Crippen LogP contribution in [0.2, 0.25) is 0 Å². The average molecular weight is 202 g/mol. The van der Waals surface area contributed by atoms with Crippen molar-refractivity contribution in [2.45, 2.75) is 32.7 Å². The Morgan fingerprint density at radius 2 is 2.21 bits per heavy atom. The Morgan fingerprint density at radius 3 is 2.71 bits per heavy atom. The van der Waals surface area contributed by atoms with Crippen LogP contribution in [0, 0.1) is 0 Å². The molecule has 84 valence electrons. The second kappa shape index (κ2) is 7.76. The molecule has 0 aromatic carbocycles. The van der Waals surface area contributed by atoms with Crippen molar-refractivity contribution in [2.75, 3.05) is 26.7 Å². The van der Waals surface area contributed by atoms with E-state index in [0.29, 0.717) is 6.54 Å². The zero-order valence-electron chi connectivity index (χ0n) is 9.42. The molecule has 0 saturated heterocycles. The molecule has 0 fully saturated rings. The molecule has 0 aromatic rings. The van der Waals surface area contributed by atoms with Gasteiger partial charge in [0, 0.05) is 13.1 Å². The molecule has 14 heavy (non-hydrogen) atoms. The van der Waals surface area contributed by atoms with E-state index in [1.165, 1.54) is 0 Å². The molecule has 0 aliphatic carbocycles. The number of rotatable bonds is 7. The van der Waals surface area contributed by atoms with Crippen molar-refractivity contribution >= 4 is 5.91 Å². The summed E-state index contributed by atoms with van der Waals surface area (Å²) in [5.74, 6) is 0.0365. The molecule has 0 bridgehead atoms. The highest BCUT2D eigenvalue weighted by Gasteiger charge is 2.16. The van der Waals surface area contributed by atoms with Crippen molar-refractivity contribution in [2.24, 2.45) is 0 Å². The number of hydrogen-bond acceptors (Lipinski definition) is 3. The van der Waals surface area contributed by atoms with Crippen LogP contribution in [0.25, 0.3) is 0 Å². The third kappa shape index (κ3) is 5.19. The number of aliphatic hydroxyl groups is 1. The van der Waals surface area contributed by atoms with Crippen LogP contribution in [0.1, 0.15) is 26.7 Å². The molecule has 1 amide bonds. The SMILES string of the molecule is CCCCNC(=O)C(C)N(C)CCO. The smallest absolute Gasteiger partial charge is 0.237 e. The first-order valence-electron chi connectivity index (χ1n) is 5.22. The standard InChI is InChI=1S/C10H22N2O2/c1-4-5-6-11-10(14)9(2)12(3)7-8-13/h9,13H,4-8H2,1-3H3,(H,11,14). The minimum atomic E-state index is -0.168. The summed E-state index contributed by atoms with van der Waals surface area (Å²) >= 11 is 0. The van der Waals surface area contributed by atoms with Crippen LogP contribution in [-0.2, 0) is 4.79 Å². The van der Waals surface area contributed by atoms with Crippen LogP contribution < -0.4 is 5.32 Å². The second-order valence-corrected chi connectivity index (χ2v) is 3.52. The van der Waals surface area contributed by atoms with E-state index in [0.717, 1.165) is 19.4 Å². The van der Waals surface area contributed by atoms with Gasteiger partial charge in [0.1, 0.15) is 0 Å². The first kappa shape index (κ1) is 13.4. The van der Waals surface area contributed by atoms with Crippen molar-refractivity contribution in [3.8, 4) is 0 Å². The maximum atomic E-state index is 11.5. The molecule has 0 heterocycles. The lowest BCUT2D eigenvalue weighted by Gasteiger charge is -2.22. The molecule has 0 spiro atoms. The lowest BCUT2D eigenvalue weighted by Crippen LogP contribution is -2.44. The third-order valence-electron chi connectivity index (χ3n) is 2.32. The maximum Gasteiger partial charge on any atom is 0.237 e. The van der Waals surface area contributed by atoms with Crippen LogP contribution in [0.3, 0.4) is 0 Å². The molecule has 0 aliphatic rings. The first-order valence-corrected chi connectivity index (χ1v) is 5.22. The molecule has 1 unspecified atom stereocenters. The molecule has 0 radical (unpaired) electrons. The van der Waals surface area contributed by atoms with Gasteiger partial charge in [-0.05, 0) is 20.4 Å². The Labute approximate surface area is 86.3 Å². The number of carbonyl (C=O) groups is 1. The molecule has 0 saturated carbocycles. The van der Waals surface area contributed by atoms with E-state index in [2.05, 4.69) is 12.2 Å². The molecule has 0 aromatic heterocycles. The predicted octanol–water partition coefficient (Wildman–Crippen LogP) is 0.215. The molecule has 2 N–H and O–H groups in total. The minimum absolute atomic E-state index is 0.0365. The van der Waals surface area contributed by atoms with Crippen molar-refractivity contribution in [1.29, 1.82) is 0 Å². The Hall–Kier alpha value is -0.610. The number of nitrogens with zero attached hydrogens (tertiary/aromatic N) is 1. The average Bonchev–Trinajstić information content (AvgIpc) is 2.17.